The van der Waals surface area contributed by atoms with Crippen LogP contribution in [0, 0.1) is 0 Å². The standard InChI is InChI=1S/C13H24N2O5SSi2/c1-11(2)22-20-23(18-3,19-4)10-9-12-5-7-13(8-6-12)21(16,17)15-14/h5-8,11,15H,9-10,14H2,1-4H3. The van der Waals surface area contributed by atoms with Gasteiger partial charge in [0.1, 0.15) is 0 Å². The third kappa shape index (κ3) is 6.08. The van der Waals surface area contributed by atoms with Gasteiger partial charge in [0.25, 0.3) is 10.0 Å². The van der Waals surface area contributed by atoms with Crippen molar-refractivity contribution in [3.8, 4) is 0 Å². The fraction of sp³-hybridized carbons (Fsp3) is 0.538. The van der Waals surface area contributed by atoms with Crippen molar-refractivity contribution in [2.75, 3.05) is 14.2 Å². The second-order valence-corrected chi connectivity index (χ2v) is 11.8. The molecule has 1 rings (SSSR count). The molecule has 0 saturated carbocycles. The molecule has 0 fully saturated rings. The molecule has 0 spiro atoms. The summed E-state index contributed by atoms with van der Waals surface area (Å²) in [6, 6.07) is 7.16. The Morgan fingerprint density at radius 2 is 1.78 bits per heavy atom. The van der Waals surface area contributed by atoms with Crippen LogP contribution < -0.4 is 10.7 Å². The van der Waals surface area contributed by atoms with Crippen LogP contribution in [0.4, 0.5) is 0 Å². The number of nitrogens with two attached hydrogens (primary N) is 1. The molecule has 7 nitrogen and oxygen atoms in total. The summed E-state index contributed by atoms with van der Waals surface area (Å²) in [6.07, 6.45) is 0.673. The number of hydrogen-bond donors (Lipinski definition) is 2. The minimum Gasteiger partial charge on any atom is -0.415 e. The Hall–Kier alpha value is -0.596. The van der Waals surface area contributed by atoms with Gasteiger partial charge in [-0.1, -0.05) is 26.0 Å². The molecule has 1 aromatic rings. The van der Waals surface area contributed by atoms with E-state index in [4.69, 9.17) is 18.8 Å². The molecule has 0 amide bonds. The minimum absolute atomic E-state index is 0.128. The van der Waals surface area contributed by atoms with Crippen LogP contribution in [0.25, 0.3) is 0 Å². The average molecular weight is 377 g/mol. The first-order valence-electron chi connectivity index (χ1n) is 7.14. The van der Waals surface area contributed by atoms with Gasteiger partial charge < -0.3 is 13.0 Å². The molecule has 0 atom stereocenters. The molecular weight excluding hydrogens is 352 g/mol. The number of nitrogens with one attached hydrogen (secondary N) is 1. The number of hydrazine groups is 1. The first-order valence-corrected chi connectivity index (χ1v) is 11.5. The van der Waals surface area contributed by atoms with Crippen LogP contribution in [0.15, 0.2) is 29.2 Å². The van der Waals surface area contributed by atoms with Gasteiger partial charge in [-0.3, -0.25) is 5.84 Å². The van der Waals surface area contributed by atoms with Crippen LogP contribution >= 0.6 is 0 Å². The molecule has 2 radical (unpaired) electrons. The van der Waals surface area contributed by atoms with E-state index in [1.54, 1.807) is 31.2 Å². The smallest absolute Gasteiger partial charge is 0.415 e. The SMILES string of the molecule is CO[Si](CCc1ccc(S(=O)(=O)NN)cc1)(OC)O[Si]C(C)C. The van der Waals surface area contributed by atoms with Gasteiger partial charge >= 0.3 is 8.80 Å². The zero-order valence-electron chi connectivity index (χ0n) is 13.8. The maximum absolute atomic E-state index is 11.6. The lowest BCUT2D eigenvalue weighted by Crippen LogP contribution is -2.45. The first-order chi connectivity index (χ1) is 10.8. The van der Waals surface area contributed by atoms with Gasteiger partial charge in [-0.25, -0.2) is 8.42 Å². The fourth-order valence-corrected chi connectivity index (χ4v) is 6.37. The highest BCUT2D eigenvalue weighted by Gasteiger charge is 2.38. The van der Waals surface area contributed by atoms with Gasteiger partial charge in [-0.05, 0) is 29.7 Å². The predicted molar refractivity (Wildman–Crippen MR) is 91.2 cm³/mol. The van der Waals surface area contributed by atoms with Crippen molar-refractivity contribution in [1.82, 2.24) is 4.83 Å². The summed E-state index contributed by atoms with van der Waals surface area (Å²) in [5.41, 5.74) is 1.39. The third-order valence-corrected chi connectivity index (χ3v) is 8.68. The number of rotatable bonds is 10. The molecule has 1 aromatic carbocycles. The molecule has 0 saturated heterocycles. The summed E-state index contributed by atoms with van der Waals surface area (Å²) in [5.74, 6) is 5.00. The highest BCUT2D eigenvalue weighted by molar-refractivity contribution is 7.89. The molecule has 0 aliphatic rings. The highest BCUT2D eigenvalue weighted by Crippen LogP contribution is 2.19. The first kappa shape index (κ1) is 20.4. The van der Waals surface area contributed by atoms with E-state index >= 15 is 0 Å². The molecule has 23 heavy (non-hydrogen) atoms. The van der Waals surface area contributed by atoms with Gasteiger partial charge in [0.2, 0.25) is 9.76 Å². The molecule has 0 aromatic heterocycles. The molecule has 0 bridgehead atoms. The largest absolute Gasteiger partial charge is 0.490 e. The van der Waals surface area contributed by atoms with Crippen molar-refractivity contribution < 1.29 is 21.4 Å². The lowest BCUT2D eigenvalue weighted by molar-refractivity contribution is 0.162. The van der Waals surface area contributed by atoms with E-state index in [0.29, 0.717) is 27.8 Å². The second kappa shape index (κ2) is 9.04. The summed E-state index contributed by atoms with van der Waals surface area (Å²) in [5, 5.41) is 0. The summed E-state index contributed by atoms with van der Waals surface area (Å²) >= 11 is 0. The van der Waals surface area contributed by atoms with Crippen LogP contribution in [0.3, 0.4) is 0 Å². The van der Waals surface area contributed by atoms with Crippen molar-refractivity contribution in [2.24, 2.45) is 5.84 Å². The Balaban J connectivity index is 2.74. The van der Waals surface area contributed by atoms with E-state index in [1.165, 1.54) is 12.1 Å². The molecule has 130 valence electrons. The van der Waals surface area contributed by atoms with Crippen LogP contribution in [-0.2, 0) is 29.4 Å². The summed E-state index contributed by atoms with van der Waals surface area (Å²) in [4.78, 5) is 1.93. The monoisotopic (exact) mass is 376 g/mol. The fourth-order valence-electron chi connectivity index (χ4n) is 1.83. The average Bonchev–Trinajstić information content (AvgIpc) is 2.56. The zero-order chi connectivity index (χ0) is 17.5. The molecule has 0 aliphatic heterocycles. The Morgan fingerprint density at radius 3 is 2.22 bits per heavy atom. The van der Waals surface area contributed by atoms with Gasteiger partial charge in [0.05, 0.1) is 4.90 Å². The van der Waals surface area contributed by atoms with Gasteiger partial charge in [0.15, 0.2) is 0 Å². The Bertz CT molecular complexity index is 577. The Morgan fingerprint density at radius 1 is 1.22 bits per heavy atom. The lowest BCUT2D eigenvalue weighted by Gasteiger charge is -2.27. The van der Waals surface area contributed by atoms with E-state index in [1.807, 2.05) is 0 Å². The summed E-state index contributed by atoms with van der Waals surface area (Å²) < 4.78 is 40.1. The lowest BCUT2D eigenvalue weighted by atomic mass is 10.2. The van der Waals surface area contributed by atoms with Crippen molar-refractivity contribution in [3.63, 3.8) is 0 Å². The third-order valence-electron chi connectivity index (χ3n) is 3.18. The normalized spacial score (nSPS) is 12.8. The van der Waals surface area contributed by atoms with Gasteiger partial charge in [0, 0.05) is 20.3 Å². The van der Waals surface area contributed by atoms with Gasteiger partial charge in [-0.15, -0.1) is 0 Å². The maximum atomic E-state index is 11.6. The summed E-state index contributed by atoms with van der Waals surface area (Å²) in [7, 11) is -2.78. The molecule has 0 aliphatic carbocycles. The number of aryl methyl sites for hydroxylation is 1. The van der Waals surface area contributed by atoms with Crippen molar-refractivity contribution in [1.29, 1.82) is 0 Å². The number of hydrogen-bond acceptors (Lipinski definition) is 6. The second-order valence-electron chi connectivity index (χ2n) is 5.23. The van der Waals surface area contributed by atoms with E-state index in [9.17, 15) is 8.42 Å². The van der Waals surface area contributed by atoms with Crippen molar-refractivity contribution in [2.45, 2.75) is 36.7 Å². The Kier molecular flexibility index (Phi) is 8.03. The van der Waals surface area contributed by atoms with Crippen molar-refractivity contribution in [3.05, 3.63) is 29.8 Å². The van der Waals surface area contributed by atoms with E-state index in [2.05, 4.69) is 13.8 Å². The van der Waals surface area contributed by atoms with Crippen LogP contribution in [0.2, 0.25) is 11.6 Å². The van der Waals surface area contributed by atoms with E-state index in [0.717, 1.165) is 5.56 Å². The van der Waals surface area contributed by atoms with Gasteiger partial charge in [-0.2, -0.15) is 4.83 Å². The quantitative estimate of drug-likeness (QED) is 0.360. The van der Waals surface area contributed by atoms with E-state index in [-0.39, 0.29) is 4.90 Å². The minimum atomic E-state index is -3.62. The molecule has 10 heteroatoms. The zero-order valence-corrected chi connectivity index (χ0v) is 16.6. The predicted octanol–water partition coefficient (Wildman–Crippen LogP) is 1.08. The summed E-state index contributed by atoms with van der Waals surface area (Å²) in [6.45, 7) is 4.15. The molecular formula is C13H24N2O5SSi2. The van der Waals surface area contributed by atoms with Crippen molar-refractivity contribution >= 4 is 28.6 Å². The van der Waals surface area contributed by atoms with E-state index < -0.39 is 18.8 Å². The van der Waals surface area contributed by atoms with Crippen LogP contribution in [0.1, 0.15) is 19.4 Å². The topological polar surface area (TPSA) is 99.9 Å². The molecule has 0 heterocycles. The van der Waals surface area contributed by atoms with Crippen LogP contribution in [-0.4, -0.2) is 41.2 Å². The Labute approximate surface area is 141 Å². The number of sulfonamides is 1. The molecule has 3 N–H and O–H groups in total. The maximum Gasteiger partial charge on any atom is 0.490 e. The number of benzene rings is 1. The molecule has 0 unspecified atom stereocenters. The highest BCUT2D eigenvalue weighted by atomic mass is 32.2. The van der Waals surface area contributed by atoms with Crippen LogP contribution in [0.5, 0.6) is 0 Å².